The summed E-state index contributed by atoms with van der Waals surface area (Å²) >= 11 is 0. The molecule has 0 aliphatic carbocycles. The molecule has 2 saturated heterocycles. The lowest BCUT2D eigenvalue weighted by atomic mass is 9.78. The first-order valence-corrected chi connectivity index (χ1v) is 12.2. The Morgan fingerprint density at radius 3 is 2.63 bits per heavy atom. The number of carbonyl (C=O) groups excluding carboxylic acids is 2. The highest BCUT2D eigenvalue weighted by Crippen LogP contribution is 2.37. The summed E-state index contributed by atoms with van der Waals surface area (Å²) in [6.45, 7) is 5.45. The van der Waals surface area contributed by atoms with Crippen molar-refractivity contribution in [2.24, 2.45) is 5.92 Å². The predicted octanol–water partition coefficient (Wildman–Crippen LogP) is 3.36. The van der Waals surface area contributed by atoms with Gasteiger partial charge in [-0.2, -0.15) is 0 Å². The van der Waals surface area contributed by atoms with Crippen LogP contribution in [0.25, 0.3) is 0 Å². The normalized spacial score (nSPS) is 22.7. The molecule has 0 aromatic heterocycles. The zero-order valence-electron chi connectivity index (χ0n) is 20.6. The lowest BCUT2D eigenvalue weighted by molar-refractivity contribution is -0.133. The van der Waals surface area contributed by atoms with Crippen LogP contribution in [0.1, 0.15) is 36.5 Å². The van der Waals surface area contributed by atoms with Crippen molar-refractivity contribution in [3.05, 3.63) is 53.1 Å². The van der Waals surface area contributed by atoms with E-state index in [4.69, 9.17) is 14.2 Å². The minimum Gasteiger partial charge on any atom is -0.493 e. The van der Waals surface area contributed by atoms with E-state index in [1.54, 1.807) is 20.3 Å². The maximum atomic E-state index is 13.5. The van der Waals surface area contributed by atoms with Crippen LogP contribution in [0, 0.1) is 5.92 Å². The second kappa shape index (κ2) is 9.41. The SMILES string of the molecule is COc1cccc(CN2C(=O)NC(C)(C3CCN(Cc4ccc5c(c4)CCO5)CC3)C2=O)c1OC. The van der Waals surface area contributed by atoms with Gasteiger partial charge in [-0.05, 0) is 62.0 Å². The highest BCUT2D eigenvalue weighted by molar-refractivity contribution is 6.07. The van der Waals surface area contributed by atoms with Gasteiger partial charge in [0.2, 0.25) is 0 Å². The lowest BCUT2D eigenvalue weighted by Crippen LogP contribution is -2.53. The first-order valence-electron chi connectivity index (χ1n) is 12.2. The number of methoxy groups -OCH3 is 2. The molecule has 186 valence electrons. The molecule has 3 heterocycles. The molecule has 0 radical (unpaired) electrons. The Hall–Kier alpha value is -3.26. The number of nitrogens with zero attached hydrogens (tertiary/aromatic N) is 2. The molecule has 1 N–H and O–H groups in total. The van der Waals surface area contributed by atoms with E-state index in [1.807, 2.05) is 19.1 Å². The predicted molar refractivity (Wildman–Crippen MR) is 131 cm³/mol. The molecule has 2 aromatic rings. The molecule has 0 spiro atoms. The maximum Gasteiger partial charge on any atom is 0.325 e. The fourth-order valence-corrected chi connectivity index (χ4v) is 5.65. The number of hydrogen-bond donors (Lipinski definition) is 1. The van der Waals surface area contributed by atoms with Gasteiger partial charge >= 0.3 is 6.03 Å². The molecule has 8 heteroatoms. The smallest absolute Gasteiger partial charge is 0.325 e. The largest absolute Gasteiger partial charge is 0.493 e. The Morgan fingerprint density at radius 1 is 1.09 bits per heavy atom. The number of hydrogen-bond acceptors (Lipinski definition) is 6. The highest BCUT2D eigenvalue weighted by atomic mass is 16.5. The Balaban J connectivity index is 1.23. The van der Waals surface area contributed by atoms with Crippen LogP contribution in [0.15, 0.2) is 36.4 Å². The van der Waals surface area contributed by atoms with Gasteiger partial charge in [-0.3, -0.25) is 14.6 Å². The number of amides is 3. The first kappa shape index (κ1) is 23.5. The number of piperidine rings is 1. The van der Waals surface area contributed by atoms with Crippen LogP contribution in [0.3, 0.4) is 0 Å². The minimum absolute atomic E-state index is 0.0841. The van der Waals surface area contributed by atoms with E-state index in [2.05, 4.69) is 28.4 Å². The van der Waals surface area contributed by atoms with Crippen LogP contribution in [-0.4, -0.2) is 61.2 Å². The summed E-state index contributed by atoms with van der Waals surface area (Å²) in [7, 11) is 3.12. The zero-order valence-corrected chi connectivity index (χ0v) is 20.6. The molecule has 2 fully saturated rings. The second-order valence-electron chi connectivity index (χ2n) is 9.77. The number of carbonyl (C=O) groups is 2. The number of benzene rings is 2. The third kappa shape index (κ3) is 4.31. The molecule has 3 aliphatic heterocycles. The van der Waals surface area contributed by atoms with E-state index in [0.717, 1.165) is 56.8 Å². The van der Waals surface area contributed by atoms with Gasteiger partial charge in [0, 0.05) is 18.5 Å². The van der Waals surface area contributed by atoms with E-state index in [0.29, 0.717) is 11.5 Å². The van der Waals surface area contributed by atoms with Crippen LogP contribution in [-0.2, 0) is 24.3 Å². The quantitative estimate of drug-likeness (QED) is 0.614. The zero-order chi connectivity index (χ0) is 24.6. The molecule has 3 aliphatic rings. The number of nitrogens with one attached hydrogen (secondary N) is 1. The van der Waals surface area contributed by atoms with Crippen molar-refractivity contribution in [3.8, 4) is 17.2 Å². The van der Waals surface area contributed by atoms with Crippen molar-refractivity contribution in [2.45, 2.75) is 44.8 Å². The molecule has 8 nitrogen and oxygen atoms in total. The topological polar surface area (TPSA) is 80.3 Å². The van der Waals surface area contributed by atoms with Crippen molar-refractivity contribution in [2.75, 3.05) is 33.9 Å². The third-order valence-corrected chi connectivity index (χ3v) is 7.68. The molecule has 2 aromatic carbocycles. The molecular formula is C27H33N3O5. The summed E-state index contributed by atoms with van der Waals surface area (Å²) in [5, 5.41) is 3.01. The van der Waals surface area contributed by atoms with Gasteiger partial charge in [0.05, 0.1) is 27.4 Å². The van der Waals surface area contributed by atoms with Gasteiger partial charge in [0.15, 0.2) is 11.5 Å². The molecule has 0 saturated carbocycles. The standard InChI is InChI=1S/C27H33N3O5/c1-27(21-9-12-29(13-10-21)16-18-7-8-22-19(15-18)11-14-35-22)25(31)30(26(32)28-27)17-20-5-4-6-23(33-2)24(20)34-3/h4-8,15,21H,9-14,16-17H2,1-3H3,(H,28,32). The number of fused-ring (bicyclic) bond motifs is 1. The van der Waals surface area contributed by atoms with Gasteiger partial charge in [-0.1, -0.05) is 24.3 Å². The van der Waals surface area contributed by atoms with Crippen LogP contribution in [0.4, 0.5) is 4.79 Å². The number of imide groups is 1. The van der Waals surface area contributed by atoms with Crippen LogP contribution < -0.4 is 19.5 Å². The van der Waals surface area contributed by atoms with Gasteiger partial charge in [-0.15, -0.1) is 0 Å². The molecule has 3 amide bonds. The van der Waals surface area contributed by atoms with Crippen molar-refractivity contribution in [3.63, 3.8) is 0 Å². The van der Waals surface area contributed by atoms with Crippen molar-refractivity contribution < 1.29 is 23.8 Å². The minimum atomic E-state index is -0.903. The third-order valence-electron chi connectivity index (χ3n) is 7.68. The number of ether oxygens (including phenoxy) is 3. The number of rotatable bonds is 7. The lowest BCUT2D eigenvalue weighted by Gasteiger charge is -2.39. The molecule has 35 heavy (non-hydrogen) atoms. The molecule has 1 unspecified atom stereocenters. The number of para-hydroxylation sites is 1. The summed E-state index contributed by atoms with van der Waals surface area (Å²) in [6, 6.07) is 11.6. The second-order valence-corrected chi connectivity index (χ2v) is 9.77. The summed E-state index contributed by atoms with van der Waals surface area (Å²) < 4.78 is 16.5. The van der Waals surface area contributed by atoms with Crippen LogP contribution in [0.5, 0.6) is 17.2 Å². The van der Waals surface area contributed by atoms with E-state index in [1.165, 1.54) is 16.0 Å². The molecule has 0 bridgehead atoms. The van der Waals surface area contributed by atoms with Crippen LogP contribution >= 0.6 is 0 Å². The van der Waals surface area contributed by atoms with Crippen molar-refractivity contribution in [1.29, 1.82) is 0 Å². The molecule has 5 rings (SSSR count). The maximum absolute atomic E-state index is 13.5. The Kier molecular flexibility index (Phi) is 6.32. The first-order chi connectivity index (χ1) is 16.9. The fourth-order valence-electron chi connectivity index (χ4n) is 5.65. The molecule has 1 atom stereocenters. The van der Waals surface area contributed by atoms with Crippen molar-refractivity contribution >= 4 is 11.9 Å². The summed E-state index contributed by atoms with van der Waals surface area (Å²) in [4.78, 5) is 30.2. The van der Waals surface area contributed by atoms with Crippen LogP contribution in [0.2, 0.25) is 0 Å². The Bertz CT molecular complexity index is 1130. The van der Waals surface area contributed by atoms with Gasteiger partial charge in [-0.25, -0.2) is 4.79 Å². The van der Waals surface area contributed by atoms with E-state index >= 15 is 0 Å². The van der Waals surface area contributed by atoms with E-state index in [9.17, 15) is 9.59 Å². The van der Waals surface area contributed by atoms with Gasteiger partial charge in [0.25, 0.3) is 5.91 Å². The average Bonchev–Trinajstić information content (AvgIpc) is 3.42. The molecular weight excluding hydrogens is 446 g/mol. The Morgan fingerprint density at radius 2 is 1.89 bits per heavy atom. The van der Waals surface area contributed by atoms with Gasteiger partial charge in [0.1, 0.15) is 11.3 Å². The average molecular weight is 480 g/mol. The number of urea groups is 1. The summed E-state index contributed by atoms with van der Waals surface area (Å²) in [6.07, 6.45) is 2.68. The van der Waals surface area contributed by atoms with E-state index < -0.39 is 5.54 Å². The highest BCUT2D eigenvalue weighted by Gasteiger charge is 2.52. The fraction of sp³-hybridized carbons (Fsp3) is 0.481. The number of likely N-dealkylation sites (tertiary alicyclic amines) is 1. The summed E-state index contributed by atoms with van der Waals surface area (Å²) in [5.74, 6) is 2.02. The monoisotopic (exact) mass is 479 g/mol. The van der Waals surface area contributed by atoms with Gasteiger partial charge < -0.3 is 19.5 Å². The summed E-state index contributed by atoms with van der Waals surface area (Å²) in [5.41, 5.74) is 2.41. The van der Waals surface area contributed by atoms with E-state index in [-0.39, 0.29) is 24.4 Å². The Labute approximate surface area is 206 Å². The van der Waals surface area contributed by atoms with Crippen molar-refractivity contribution in [1.82, 2.24) is 15.1 Å².